The van der Waals surface area contributed by atoms with Gasteiger partial charge in [-0.1, -0.05) is 12.1 Å². The Morgan fingerprint density at radius 3 is 3.00 bits per heavy atom. The van der Waals surface area contributed by atoms with Crippen LogP contribution in [0.4, 0.5) is 5.69 Å². The molecule has 1 saturated heterocycles. The van der Waals surface area contributed by atoms with Crippen molar-refractivity contribution in [1.29, 1.82) is 5.39 Å². The summed E-state index contributed by atoms with van der Waals surface area (Å²) < 4.78 is 0. The van der Waals surface area contributed by atoms with Gasteiger partial charge in [0.05, 0.1) is 5.56 Å². The summed E-state index contributed by atoms with van der Waals surface area (Å²) in [7, 11) is 0. The maximum Gasteiger partial charge on any atom is 0.388 e. The van der Waals surface area contributed by atoms with E-state index in [4.69, 9.17) is 5.39 Å². The highest BCUT2D eigenvalue weighted by molar-refractivity contribution is 5.56. The van der Waals surface area contributed by atoms with Crippen LogP contribution in [0, 0.1) is 12.3 Å². The predicted molar refractivity (Wildman–Crippen MR) is 56.2 cm³/mol. The molecular weight excluding hydrogens is 174 g/mol. The van der Waals surface area contributed by atoms with Crippen molar-refractivity contribution in [2.24, 2.45) is 0 Å². The minimum atomic E-state index is 0.502. The van der Waals surface area contributed by atoms with E-state index in [0.717, 1.165) is 25.2 Å². The molecule has 1 N–H and O–H groups in total. The van der Waals surface area contributed by atoms with Gasteiger partial charge in [0.15, 0.2) is 4.98 Å². The lowest BCUT2D eigenvalue weighted by atomic mass is 9.92. The normalized spacial score (nSPS) is 20.7. The van der Waals surface area contributed by atoms with E-state index in [-0.39, 0.29) is 0 Å². The zero-order valence-corrected chi connectivity index (χ0v) is 8.33. The first-order valence-electron chi connectivity index (χ1n) is 4.98. The smallest absolute Gasteiger partial charge is 0.316 e. The number of nitrogens with one attached hydrogen (secondary N) is 1. The van der Waals surface area contributed by atoms with E-state index in [0.29, 0.717) is 5.92 Å². The second-order valence-corrected chi connectivity index (χ2v) is 3.80. The third kappa shape index (κ3) is 1.49. The van der Waals surface area contributed by atoms with Crippen LogP contribution in [0.2, 0.25) is 0 Å². The molecule has 1 aliphatic rings. The molecule has 1 aromatic rings. The summed E-state index contributed by atoms with van der Waals surface area (Å²) >= 11 is 0. The van der Waals surface area contributed by atoms with Gasteiger partial charge in [-0.2, -0.15) is 0 Å². The molecule has 72 valence electrons. The minimum Gasteiger partial charge on any atom is -0.316 e. The topological polar surface area (TPSA) is 40.2 Å². The molecule has 14 heavy (non-hydrogen) atoms. The van der Waals surface area contributed by atoms with Gasteiger partial charge in [0.1, 0.15) is 0 Å². The quantitative estimate of drug-likeness (QED) is 0.688. The maximum absolute atomic E-state index is 8.91. The van der Waals surface area contributed by atoms with Crippen LogP contribution >= 0.6 is 0 Å². The number of hydrogen-bond donors (Lipinski definition) is 1. The molecule has 1 atom stereocenters. The number of hydrogen-bond acceptors (Lipinski definition) is 2. The largest absolute Gasteiger partial charge is 0.388 e. The van der Waals surface area contributed by atoms with Crippen LogP contribution < -0.4 is 5.32 Å². The van der Waals surface area contributed by atoms with Crippen molar-refractivity contribution in [3.63, 3.8) is 0 Å². The number of nitrogens with zero attached hydrogens (tertiary/aromatic N) is 2. The molecule has 1 unspecified atom stereocenters. The van der Waals surface area contributed by atoms with Gasteiger partial charge >= 0.3 is 5.69 Å². The lowest BCUT2D eigenvalue weighted by Gasteiger charge is -2.08. The number of rotatable bonds is 1. The molecule has 1 aromatic carbocycles. The fraction of sp³-hybridized carbons (Fsp3) is 0.455. The third-order valence-electron chi connectivity index (χ3n) is 2.88. The van der Waals surface area contributed by atoms with E-state index in [9.17, 15) is 0 Å². The van der Waals surface area contributed by atoms with Crippen LogP contribution in [0.3, 0.4) is 0 Å². The molecule has 0 bridgehead atoms. The second-order valence-electron chi connectivity index (χ2n) is 3.80. The van der Waals surface area contributed by atoms with E-state index in [1.165, 1.54) is 11.1 Å². The summed E-state index contributed by atoms with van der Waals surface area (Å²) in [6.07, 6.45) is 1.13. The third-order valence-corrected chi connectivity index (χ3v) is 2.88. The Labute approximate surface area is 83.8 Å². The minimum absolute atomic E-state index is 0.502. The van der Waals surface area contributed by atoms with E-state index >= 15 is 0 Å². The molecule has 0 aromatic heterocycles. The molecule has 2 rings (SSSR count). The average Bonchev–Trinajstić information content (AvgIpc) is 2.70. The number of benzene rings is 1. The summed E-state index contributed by atoms with van der Waals surface area (Å²) in [5.41, 5.74) is 3.13. The second kappa shape index (κ2) is 3.77. The molecule has 1 aliphatic heterocycles. The van der Waals surface area contributed by atoms with E-state index < -0.39 is 0 Å². The van der Waals surface area contributed by atoms with Crippen molar-refractivity contribution in [2.75, 3.05) is 13.1 Å². The molecule has 1 heterocycles. The average molecular weight is 188 g/mol. The highest BCUT2D eigenvalue weighted by Crippen LogP contribution is 2.33. The first-order valence-corrected chi connectivity index (χ1v) is 4.98. The number of aryl methyl sites for hydroxylation is 1. The zero-order valence-electron chi connectivity index (χ0n) is 8.33. The van der Waals surface area contributed by atoms with Crippen LogP contribution in [0.15, 0.2) is 18.2 Å². The fourth-order valence-electron chi connectivity index (χ4n) is 2.18. The Kier molecular flexibility index (Phi) is 2.47. The molecular formula is C11H14N3+. The Bertz CT molecular complexity index is 373. The van der Waals surface area contributed by atoms with Gasteiger partial charge < -0.3 is 5.32 Å². The van der Waals surface area contributed by atoms with Crippen LogP contribution in [0.1, 0.15) is 23.5 Å². The van der Waals surface area contributed by atoms with Crippen molar-refractivity contribution < 1.29 is 0 Å². The molecule has 0 saturated carbocycles. The molecule has 0 aliphatic carbocycles. The molecule has 3 nitrogen and oxygen atoms in total. The Hall–Kier alpha value is -1.40. The van der Waals surface area contributed by atoms with Crippen molar-refractivity contribution >= 4 is 5.69 Å². The monoisotopic (exact) mass is 188 g/mol. The van der Waals surface area contributed by atoms with Gasteiger partial charge in [0.2, 0.25) is 5.39 Å². The van der Waals surface area contributed by atoms with Gasteiger partial charge in [0, 0.05) is 18.5 Å². The van der Waals surface area contributed by atoms with Crippen LogP contribution in [0.25, 0.3) is 4.98 Å². The predicted octanol–water partition coefficient (Wildman–Crippen LogP) is 2.56. The van der Waals surface area contributed by atoms with Gasteiger partial charge in [-0.15, -0.1) is 0 Å². The van der Waals surface area contributed by atoms with Crippen molar-refractivity contribution in [3.05, 3.63) is 34.3 Å². The summed E-state index contributed by atoms with van der Waals surface area (Å²) in [5.74, 6) is 0.502. The van der Waals surface area contributed by atoms with Crippen molar-refractivity contribution in [2.45, 2.75) is 19.3 Å². The summed E-state index contributed by atoms with van der Waals surface area (Å²) in [4.78, 5) is 3.35. The lowest BCUT2D eigenvalue weighted by molar-refractivity contribution is 0.760. The lowest BCUT2D eigenvalue weighted by Crippen LogP contribution is -2.08. The molecule has 0 radical (unpaired) electrons. The molecule has 3 heteroatoms. The van der Waals surface area contributed by atoms with Gasteiger partial charge in [0.25, 0.3) is 0 Å². The van der Waals surface area contributed by atoms with E-state index in [2.05, 4.69) is 23.3 Å². The summed E-state index contributed by atoms with van der Waals surface area (Å²) in [6.45, 7) is 4.12. The molecule has 0 spiro atoms. The van der Waals surface area contributed by atoms with Crippen molar-refractivity contribution in [3.8, 4) is 0 Å². The first kappa shape index (κ1) is 9.17. The van der Waals surface area contributed by atoms with Gasteiger partial charge in [-0.3, -0.25) is 0 Å². The molecule has 0 amide bonds. The highest BCUT2D eigenvalue weighted by atomic mass is 14.9. The van der Waals surface area contributed by atoms with Gasteiger partial charge in [-0.25, -0.2) is 0 Å². The zero-order chi connectivity index (χ0) is 9.97. The van der Waals surface area contributed by atoms with E-state index in [1.54, 1.807) is 0 Å². The van der Waals surface area contributed by atoms with Gasteiger partial charge in [-0.05, 0) is 25.5 Å². The van der Waals surface area contributed by atoms with Crippen molar-refractivity contribution in [1.82, 2.24) is 5.32 Å². The fourth-order valence-corrected chi connectivity index (χ4v) is 2.18. The standard InChI is InChI=1S/C11H14N3/c1-8-3-2-4-10(14-12)11(8)9-5-6-13-7-9/h2-4,9,13H,5-7H2,1H3/q+1. The van der Waals surface area contributed by atoms with Crippen LogP contribution in [-0.2, 0) is 0 Å². The van der Waals surface area contributed by atoms with E-state index in [1.807, 2.05) is 12.1 Å². The molecule has 1 fully saturated rings. The Morgan fingerprint density at radius 2 is 2.36 bits per heavy atom. The summed E-state index contributed by atoms with van der Waals surface area (Å²) in [5, 5.41) is 12.2. The number of diazo groups is 1. The maximum atomic E-state index is 8.91. The SMILES string of the molecule is Cc1cccc([N+]#N)c1C1CCNC1. The van der Waals surface area contributed by atoms with Crippen LogP contribution in [-0.4, -0.2) is 13.1 Å². The summed E-state index contributed by atoms with van der Waals surface area (Å²) in [6, 6.07) is 5.86. The Balaban J connectivity index is 2.44. The Morgan fingerprint density at radius 1 is 1.50 bits per heavy atom. The highest BCUT2D eigenvalue weighted by Gasteiger charge is 2.26. The first-order chi connectivity index (χ1) is 6.83. The van der Waals surface area contributed by atoms with Crippen LogP contribution in [0.5, 0.6) is 0 Å².